The predicted octanol–water partition coefficient (Wildman–Crippen LogP) is 3.38. The summed E-state index contributed by atoms with van der Waals surface area (Å²) in [7, 11) is 0. The van der Waals surface area contributed by atoms with Crippen molar-refractivity contribution < 1.29 is 9.47 Å². The summed E-state index contributed by atoms with van der Waals surface area (Å²) >= 11 is 0. The molecule has 0 radical (unpaired) electrons. The van der Waals surface area contributed by atoms with Crippen molar-refractivity contribution in [1.82, 2.24) is 0 Å². The summed E-state index contributed by atoms with van der Waals surface area (Å²) in [5, 5.41) is 0. The van der Waals surface area contributed by atoms with E-state index < -0.39 is 0 Å². The third-order valence-corrected chi connectivity index (χ3v) is 5.05. The second kappa shape index (κ2) is 4.21. The Labute approximate surface area is 109 Å². The van der Waals surface area contributed by atoms with Crippen LogP contribution in [0.1, 0.15) is 44.9 Å². The molecule has 0 amide bonds. The number of rotatable bonds is 3. The Morgan fingerprint density at radius 3 is 2.94 bits per heavy atom. The Morgan fingerprint density at radius 1 is 1.33 bits per heavy atom. The molecule has 2 aliphatic carbocycles. The van der Waals surface area contributed by atoms with E-state index in [1.54, 1.807) is 5.57 Å². The van der Waals surface area contributed by atoms with Gasteiger partial charge in [0.15, 0.2) is 0 Å². The molecule has 1 spiro atoms. The van der Waals surface area contributed by atoms with E-state index in [4.69, 9.17) is 9.47 Å². The lowest BCUT2D eigenvalue weighted by molar-refractivity contribution is 0.198. The summed E-state index contributed by atoms with van der Waals surface area (Å²) in [5.41, 5.74) is 1.75. The van der Waals surface area contributed by atoms with Gasteiger partial charge in [-0.3, -0.25) is 0 Å². The first-order valence-corrected chi connectivity index (χ1v) is 7.52. The van der Waals surface area contributed by atoms with E-state index in [0.717, 1.165) is 13.0 Å². The molecule has 4 rings (SSSR count). The predicted molar refractivity (Wildman–Crippen MR) is 70.4 cm³/mol. The van der Waals surface area contributed by atoms with E-state index in [-0.39, 0.29) is 5.60 Å². The minimum Gasteiger partial charge on any atom is -0.369 e. The quantitative estimate of drug-likeness (QED) is 0.563. The monoisotopic (exact) mass is 246 g/mol. The molecule has 18 heavy (non-hydrogen) atoms. The maximum atomic E-state index is 5.93. The largest absolute Gasteiger partial charge is 0.369 e. The SMILES string of the molecule is C1=CC2(CO2)C(C2OC2CC=C2CCCC2)CC1. The summed E-state index contributed by atoms with van der Waals surface area (Å²) < 4.78 is 11.6. The molecule has 0 aromatic heterocycles. The summed E-state index contributed by atoms with van der Waals surface area (Å²) in [4.78, 5) is 0. The normalized spacial score (nSPS) is 45.6. The van der Waals surface area contributed by atoms with Crippen molar-refractivity contribution >= 4 is 0 Å². The average molecular weight is 246 g/mol. The number of epoxide rings is 2. The van der Waals surface area contributed by atoms with E-state index >= 15 is 0 Å². The molecule has 0 bridgehead atoms. The van der Waals surface area contributed by atoms with Crippen LogP contribution in [-0.4, -0.2) is 24.4 Å². The van der Waals surface area contributed by atoms with Crippen LogP contribution in [0.2, 0.25) is 0 Å². The zero-order valence-corrected chi connectivity index (χ0v) is 10.9. The standard InChI is InChI=1S/C16H22O2/c1-2-6-12(5-1)8-9-14-15(18-14)13-7-3-4-10-16(13)11-17-16/h4,8,10,13-15H,1-3,5-7,9,11H2. The minimum atomic E-state index is 0.0815. The third-order valence-electron chi connectivity index (χ3n) is 5.05. The van der Waals surface area contributed by atoms with Gasteiger partial charge >= 0.3 is 0 Å². The first-order valence-electron chi connectivity index (χ1n) is 7.52. The number of hydrogen-bond acceptors (Lipinski definition) is 2. The van der Waals surface area contributed by atoms with E-state index in [9.17, 15) is 0 Å². The van der Waals surface area contributed by atoms with Crippen LogP contribution >= 0.6 is 0 Å². The fraction of sp³-hybridized carbons (Fsp3) is 0.750. The Morgan fingerprint density at radius 2 is 2.17 bits per heavy atom. The van der Waals surface area contributed by atoms with Crippen molar-refractivity contribution in [1.29, 1.82) is 0 Å². The van der Waals surface area contributed by atoms with Crippen molar-refractivity contribution in [2.75, 3.05) is 6.61 Å². The molecule has 2 heteroatoms. The smallest absolute Gasteiger partial charge is 0.115 e. The van der Waals surface area contributed by atoms with Crippen LogP contribution in [0.5, 0.6) is 0 Å². The Kier molecular flexibility index (Phi) is 2.63. The molecular weight excluding hydrogens is 224 g/mol. The number of allylic oxidation sites excluding steroid dienone is 2. The van der Waals surface area contributed by atoms with Gasteiger partial charge in [0, 0.05) is 5.92 Å². The highest BCUT2D eigenvalue weighted by atomic mass is 16.6. The van der Waals surface area contributed by atoms with Crippen LogP contribution in [0.3, 0.4) is 0 Å². The van der Waals surface area contributed by atoms with Gasteiger partial charge in [0.2, 0.25) is 0 Å². The molecule has 2 saturated heterocycles. The van der Waals surface area contributed by atoms with Crippen LogP contribution in [0.15, 0.2) is 23.8 Å². The highest BCUT2D eigenvalue weighted by Gasteiger charge is 2.59. The van der Waals surface area contributed by atoms with Gasteiger partial charge in [-0.05, 0) is 44.9 Å². The number of ether oxygens (including phenoxy) is 2. The van der Waals surface area contributed by atoms with Gasteiger partial charge in [-0.25, -0.2) is 0 Å². The van der Waals surface area contributed by atoms with Crippen molar-refractivity contribution in [2.24, 2.45) is 5.92 Å². The van der Waals surface area contributed by atoms with E-state index in [1.807, 2.05) is 0 Å². The van der Waals surface area contributed by atoms with Crippen LogP contribution < -0.4 is 0 Å². The van der Waals surface area contributed by atoms with Crippen LogP contribution in [0, 0.1) is 5.92 Å². The van der Waals surface area contributed by atoms with Gasteiger partial charge in [0.1, 0.15) is 5.60 Å². The van der Waals surface area contributed by atoms with Crippen molar-refractivity contribution in [2.45, 2.75) is 62.8 Å². The molecule has 3 fully saturated rings. The minimum absolute atomic E-state index is 0.0815. The molecule has 4 atom stereocenters. The van der Waals surface area contributed by atoms with Gasteiger partial charge in [0.05, 0.1) is 18.8 Å². The van der Waals surface area contributed by atoms with Crippen LogP contribution in [-0.2, 0) is 9.47 Å². The van der Waals surface area contributed by atoms with E-state index in [1.165, 1.54) is 38.5 Å². The molecule has 2 nitrogen and oxygen atoms in total. The Balaban J connectivity index is 1.35. The van der Waals surface area contributed by atoms with Gasteiger partial charge in [-0.1, -0.05) is 23.8 Å². The van der Waals surface area contributed by atoms with Gasteiger partial charge < -0.3 is 9.47 Å². The molecule has 0 aromatic carbocycles. The molecule has 2 heterocycles. The summed E-state index contributed by atoms with van der Waals surface area (Å²) in [5.74, 6) is 0.620. The van der Waals surface area contributed by atoms with Crippen LogP contribution in [0.4, 0.5) is 0 Å². The maximum absolute atomic E-state index is 5.93. The fourth-order valence-corrected chi connectivity index (χ4v) is 3.78. The molecule has 0 N–H and O–H groups in total. The summed E-state index contributed by atoms with van der Waals surface area (Å²) in [6.07, 6.45) is 17.0. The zero-order chi connectivity index (χ0) is 12.0. The van der Waals surface area contributed by atoms with Crippen molar-refractivity contribution in [3.05, 3.63) is 23.8 Å². The first-order chi connectivity index (χ1) is 8.87. The third kappa shape index (κ3) is 1.96. The lowest BCUT2D eigenvalue weighted by Gasteiger charge is -2.22. The molecular formula is C16H22O2. The number of hydrogen-bond donors (Lipinski definition) is 0. The Hall–Kier alpha value is -0.600. The van der Waals surface area contributed by atoms with Crippen LogP contribution in [0.25, 0.3) is 0 Å². The van der Waals surface area contributed by atoms with Crippen molar-refractivity contribution in [3.8, 4) is 0 Å². The fourth-order valence-electron chi connectivity index (χ4n) is 3.78. The summed E-state index contributed by atoms with van der Waals surface area (Å²) in [6, 6.07) is 0. The molecule has 4 aliphatic rings. The highest BCUT2D eigenvalue weighted by molar-refractivity contribution is 5.21. The molecule has 1 saturated carbocycles. The molecule has 98 valence electrons. The second-order valence-corrected chi connectivity index (χ2v) is 6.27. The topological polar surface area (TPSA) is 25.1 Å². The first kappa shape index (κ1) is 11.2. The van der Waals surface area contributed by atoms with Gasteiger partial charge in [-0.2, -0.15) is 0 Å². The molecule has 2 aliphatic heterocycles. The van der Waals surface area contributed by atoms with Gasteiger partial charge in [-0.15, -0.1) is 0 Å². The average Bonchev–Trinajstić information content (AvgIpc) is 3.29. The zero-order valence-electron chi connectivity index (χ0n) is 10.9. The Bertz CT molecular complexity index is 384. The lowest BCUT2D eigenvalue weighted by Crippen LogP contribution is -2.30. The van der Waals surface area contributed by atoms with E-state index in [2.05, 4.69) is 18.2 Å². The molecule has 4 unspecified atom stereocenters. The van der Waals surface area contributed by atoms with Crippen molar-refractivity contribution in [3.63, 3.8) is 0 Å². The highest BCUT2D eigenvalue weighted by Crippen LogP contribution is 2.50. The van der Waals surface area contributed by atoms with E-state index in [0.29, 0.717) is 18.1 Å². The summed E-state index contributed by atoms with van der Waals surface area (Å²) in [6.45, 7) is 0.918. The molecule has 0 aromatic rings. The maximum Gasteiger partial charge on any atom is 0.115 e. The van der Waals surface area contributed by atoms with Gasteiger partial charge in [0.25, 0.3) is 0 Å². The lowest BCUT2D eigenvalue weighted by atomic mass is 9.80. The second-order valence-electron chi connectivity index (χ2n) is 6.27.